The average molecular weight is 423 g/mol. The number of hydrogen-bond donors (Lipinski definition) is 1. The minimum Gasteiger partial charge on any atom is -0.507 e. The van der Waals surface area contributed by atoms with Gasteiger partial charge in [0.1, 0.15) is 10.6 Å². The van der Waals surface area contributed by atoms with E-state index in [1.165, 1.54) is 16.4 Å². The molecule has 1 fully saturated rings. The monoisotopic (exact) mass is 422 g/mol. The van der Waals surface area contributed by atoms with Gasteiger partial charge in [-0.2, -0.15) is 4.31 Å². The molecule has 0 bridgehead atoms. The summed E-state index contributed by atoms with van der Waals surface area (Å²) in [5, 5.41) is 10.6. The molecule has 1 amide bonds. The zero-order valence-electron chi connectivity index (χ0n) is 15.6. The fourth-order valence-electron chi connectivity index (χ4n) is 3.21. The van der Waals surface area contributed by atoms with Gasteiger partial charge in [-0.3, -0.25) is 4.79 Å². The van der Waals surface area contributed by atoms with E-state index in [2.05, 4.69) is 0 Å². The number of carbonyl (C=O) groups excluding carboxylic acids is 1. The van der Waals surface area contributed by atoms with Crippen molar-refractivity contribution < 1.29 is 18.3 Å². The minimum atomic E-state index is -3.79. The number of amides is 1. The van der Waals surface area contributed by atoms with Crippen LogP contribution in [0.25, 0.3) is 0 Å². The van der Waals surface area contributed by atoms with Crippen LogP contribution in [0, 0.1) is 6.92 Å². The van der Waals surface area contributed by atoms with Crippen LogP contribution in [0.15, 0.2) is 47.4 Å². The van der Waals surface area contributed by atoms with Crippen LogP contribution < -0.4 is 0 Å². The van der Waals surface area contributed by atoms with Crippen LogP contribution in [-0.4, -0.2) is 54.8 Å². The molecule has 8 heteroatoms. The molecule has 1 saturated heterocycles. The van der Waals surface area contributed by atoms with Crippen molar-refractivity contribution in [1.82, 2.24) is 9.21 Å². The molecule has 2 aromatic rings. The second kappa shape index (κ2) is 8.51. The molecule has 6 nitrogen and oxygen atoms in total. The van der Waals surface area contributed by atoms with Gasteiger partial charge in [-0.25, -0.2) is 8.42 Å². The summed E-state index contributed by atoms with van der Waals surface area (Å²) in [7, 11) is -3.79. The Morgan fingerprint density at radius 2 is 1.71 bits per heavy atom. The van der Waals surface area contributed by atoms with Crippen LogP contribution in [0.5, 0.6) is 5.75 Å². The molecular weight excluding hydrogens is 400 g/mol. The van der Waals surface area contributed by atoms with E-state index < -0.39 is 10.0 Å². The standard InChI is InChI=1S/C20H23ClN2O4S/c1-15-2-8-18(24)19(14-15)28(26,27)23-12-10-22(11-13-23)20(25)9-5-16-3-6-17(21)7-4-16/h2-4,6-8,14,24H,5,9-13H2,1H3. The normalized spacial score (nSPS) is 15.6. The van der Waals surface area contributed by atoms with Crippen LogP contribution in [-0.2, 0) is 21.2 Å². The lowest BCUT2D eigenvalue weighted by atomic mass is 10.1. The van der Waals surface area contributed by atoms with Crippen molar-refractivity contribution in [3.8, 4) is 5.75 Å². The van der Waals surface area contributed by atoms with Crippen LogP contribution >= 0.6 is 11.6 Å². The lowest BCUT2D eigenvalue weighted by molar-refractivity contribution is -0.132. The smallest absolute Gasteiger partial charge is 0.246 e. The highest BCUT2D eigenvalue weighted by Gasteiger charge is 2.31. The fourth-order valence-corrected chi connectivity index (χ4v) is 4.92. The number of nitrogens with zero attached hydrogens (tertiary/aromatic N) is 2. The number of phenols is 1. The number of rotatable bonds is 5. The third kappa shape index (κ3) is 4.66. The molecule has 0 radical (unpaired) electrons. The molecular formula is C20H23ClN2O4S. The van der Waals surface area contributed by atoms with Gasteiger partial charge in [0.05, 0.1) is 0 Å². The van der Waals surface area contributed by atoms with E-state index >= 15 is 0 Å². The van der Waals surface area contributed by atoms with Crippen molar-refractivity contribution >= 4 is 27.5 Å². The molecule has 1 heterocycles. The molecule has 0 atom stereocenters. The number of sulfonamides is 1. The first-order valence-corrected chi connectivity index (χ1v) is 10.9. The largest absolute Gasteiger partial charge is 0.507 e. The van der Waals surface area contributed by atoms with E-state index in [4.69, 9.17) is 11.6 Å². The SMILES string of the molecule is Cc1ccc(O)c(S(=O)(=O)N2CCN(C(=O)CCc3ccc(Cl)cc3)CC2)c1. The van der Waals surface area contributed by atoms with Crippen molar-refractivity contribution in [3.63, 3.8) is 0 Å². The Morgan fingerprint density at radius 3 is 2.36 bits per heavy atom. The van der Waals surface area contributed by atoms with Crippen LogP contribution in [0.2, 0.25) is 5.02 Å². The van der Waals surface area contributed by atoms with E-state index in [-0.39, 0.29) is 29.6 Å². The van der Waals surface area contributed by atoms with E-state index in [0.29, 0.717) is 31.0 Å². The lowest BCUT2D eigenvalue weighted by Crippen LogP contribution is -2.50. The summed E-state index contributed by atoms with van der Waals surface area (Å²) in [5.41, 5.74) is 1.79. The van der Waals surface area contributed by atoms with Gasteiger partial charge in [0.2, 0.25) is 15.9 Å². The first-order chi connectivity index (χ1) is 13.3. The van der Waals surface area contributed by atoms with Gasteiger partial charge in [-0.05, 0) is 48.7 Å². The Bertz CT molecular complexity index is 953. The molecule has 2 aromatic carbocycles. The van der Waals surface area contributed by atoms with E-state index in [0.717, 1.165) is 11.1 Å². The zero-order valence-corrected chi connectivity index (χ0v) is 17.2. The number of benzene rings is 2. The van der Waals surface area contributed by atoms with Crippen molar-refractivity contribution in [2.75, 3.05) is 26.2 Å². The molecule has 1 aliphatic rings. The Hall–Kier alpha value is -2.09. The predicted octanol–water partition coefficient (Wildman–Crippen LogP) is 2.82. The van der Waals surface area contributed by atoms with Gasteiger partial charge in [-0.15, -0.1) is 0 Å². The first kappa shape index (κ1) is 20.6. The Morgan fingerprint density at radius 1 is 1.07 bits per heavy atom. The number of hydrogen-bond acceptors (Lipinski definition) is 4. The molecule has 0 spiro atoms. The van der Waals surface area contributed by atoms with Crippen molar-refractivity contribution in [3.05, 3.63) is 58.6 Å². The summed E-state index contributed by atoms with van der Waals surface area (Å²) in [5.74, 6) is -0.252. The highest BCUT2D eigenvalue weighted by molar-refractivity contribution is 7.89. The number of piperazine rings is 1. The van der Waals surface area contributed by atoms with Gasteiger partial charge in [-0.1, -0.05) is 29.8 Å². The molecule has 1 aliphatic heterocycles. The maximum absolute atomic E-state index is 12.8. The molecule has 28 heavy (non-hydrogen) atoms. The summed E-state index contributed by atoms with van der Waals surface area (Å²) < 4.78 is 27.0. The Balaban J connectivity index is 1.58. The van der Waals surface area contributed by atoms with Crippen LogP contribution in [0.1, 0.15) is 17.5 Å². The number of aromatic hydroxyl groups is 1. The maximum Gasteiger partial charge on any atom is 0.246 e. The van der Waals surface area contributed by atoms with Gasteiger partial charge >= 0.3 is 0 Å². The van der Waals surface area contributed by atoms with Gasteiger partial charge in [0.25, 0.3) is 0 Å². The summed E-state index contributed by atoms with van der Waals surface area (Å²) >= 11 is 5.86. The van der Waals surface area contributed by atoms with Gasteiger partial charge in [0, 0.05) is 37.6 Å². The third-order valence-electron chi connectivity index (χ3n) is 4.87. The van der Waals surface area contributed by atoms with Crippen molar-refractivity contribution in [2.45, 2.75) is 24.7 Å². The molecule has 1 N–H and O–H groups in total. The minimum absolute atomic E-state index is 0.00500. The van der Waals surface area contributed by atoms with E-state index in [9.17, 15) is 18.3 Å². The lowest BCUT2D eigenvalue weighted by Gasteiger charge is -2.34. The number of aryl methyl sites for hydroxylation is 2. The Kier molecular flexibility index (Phi) is 6.27. The van der Waals surface area contributed by atoms with Gasteiger partial charge < -0.3 is 10.0 Å². The zero-order chi connectivity index (χ0) is 20.3. The van der Waals surface area contributed by atoms with Crippen molar-refractivity contribution in [1.29, 1.82) is 0 Å². The number of carbonyl (C=O) groups is 1. The number of phenolic OH excluding ortho intramolecular Hbond substituents is 1. The molecule has 0 aromatic heterocycles. The summed E-state index contributed by atoms with van der Waals surface area (Å²) in [6.07, 6.45) is 0.985. The maximum atomic E-state index is 12.8. The molecule has 3 rings (SSSR count). The van der Waals surface area contributed by atoms with Crippen LogP contribution in [0.4, 0.5) is 0 Å². The van der Waals surface area contributed by atoms with E-state index in [1.807, 2.05) is 12.1 Å². The number of halogens is 1. The van der Waals surface area contributed by atoms with Crippen LogP contribution in [0.3, 0.4) is 0 Å². The summed E-state index contributed by atoms with van der Waals surface area (Å²) in [4.78, 5) is 14.1. The topological polar surface area (TPSA) is 77.9 Å². The fraction of sp³-hybridized carbons (Fsp3) is 0.350. The highest BCUT2D eigenvalue weighted by Crippen LogP contribution is 2.27. The molecule has 150 valence electrons. The summed E-state index contributed by atoms with van der Waals surface area (Å²) in [6.45, 7) is 2.87. The molecule has 0 unspecified atom stereocenters. The predicted molar refractivity (Wildman–Crippen MR) is 108 cm³/mol. The molecule has 0 saturated carbocycles. The highest BCUT2D eigenvalue weighted by atomic mass is 35.5. The first-order valence-electron chi connectivity index (χ1n) is 9.09. The summed E-state index contributed by atoms with van der Waals surface area (Å²) in [6, 6.07) is 11.9. The Labute approximate surface area is 170 Å². The second-order valence-corrected chi connectivity index (χ2v) is 9.23. The third-order valence-corrected chi connectivity index (χ3v) is 7.05. The second-order valence-electron chi connectivity index (χ2n) is 6.88. The quantitative estimate of drug-likeness (QED) is 0.803. The average Bonchev–Trinajstić information content (AvgIpc) is 2.69. The van der Waals surface area contributed by atoms with Crippen molar-refractivity contribution in [2.24, 2.45) is 0 Å². The van der Waals surface area contributed by atoms with E-state index in [1.54, 1.807) is 30.0 Å². The van der Waals surface area contributed by atoms with Gasteiger partial charge in [0.15, 0.2) is 0 Å². The molecule has 0 aliphatic carbocycles.